The zero-order chi connectivity index (χ0) is 14.9. The summed E-state index contributed by atoms with van der Waals surface area (Å²) >= 11 is 0. The summed E-state index contributed by atoms with van der Waals surface area (Å²) in [5, 5.41) is 12.0. The first kappa shape index (κ1) is 14.4. The normalized spacial score (nSPS) is 17.4. The van der Waals surface area contributed by atoms with E-state index in [0.29, 0.717) is 6.54 Å². The van der Waals surface area contributed by atoms with Gasteiger partial charge in [0.05, 0.1) is 12.8 Å². The molecule has 0 spiro atoms. The van der Waals surface area contributed by atoms with Gasteiger partial charge in [-0.05, 0) is 38.7 Å². The van der Waals surface area contributed by atoms with Crippen molar-refractivity contribution in [3.05, 3.63) is 23.7 Å². The van der Waals surface area contributed by atoms with Crippen molar-refractivity contribution < 1.29 is 19.1 Å². The predicted octanol–water partition coefficient (Wildman–Crippen LogP) is 1.98. The number of hydrogen-bond donors (Lipinski definition) is 2. The van der Waals surface area contributed by atoms with Crippen molar-refractivity contribution in [1.29, 1.82) is 0 Å². The highest BCUT2D eigenvalue weighted by molar-refractivity contribution is 5.86. The molecule has 2 N–H and O–H groups in total. The number of aryl methyl sites for hydroxylation is 1. The first-order valence-electron chi connectivity index (χ1n) is 6.64. The van der Waals surface area contributed by atoms with Crippen LogP contribution in [0.5, 0.6) is 0 Å². The number of carboxylic acids is 1. The molecule has 1 fully saturated rings. The Labute approximate surface area is 117 Å². The zero-order valence-corrected chi connectivity index (χ0v) is 12.0. The van der Waals surface area contributed by atoms with Crippen LogP contribution in [0, 0.1) is 12.8 Å². The Hall–Kier alpha value is -1.98. The second-order valence-electron chi connectivity index (χ2n) is 5.57. The molecular weight excluding hydrogens is 260 g/mol. The van der Waals surface area contributed by atoms with Crippen molar-refractivity contribution in [2.45, 2.75) is 38.8 Å². The maximum absolute atomic E-state index is 12.2. The third-order valence-corrected chi connectivity index (χ3v) is 3.93. The first-order chi connectivity index (χ1) is 9.34. The molecular formula is C14H20N2O4. The number of nitrogens with one attached hydrogen (secondary N) is 1. The minimum atomic E-state index is -1.18. The minimum Gasteiger partial charge on any atom is -0.480 e. The van der Waals surface area contributed by atoms with Gasteiger partial charge in [-0.3, -0.25) is 0 Å². The van der Waals surface area contributed by atoms with Gasteiger partial charge in [-0.25, -0.2) is 9.59 Å². The van der Waals surface area contributed by atoms with Crippen LogP contribution < -0.4 is 5.32 Å². The number of nitrogens with zero attached hydrogens (tertiary/aromatic N) is 1. The average Bonchev–Trinajstić information content (AvgIpc) is 3.15. The Bertz CT molecular complexity index is 521. The lowest BCUT2D eigenvalue weighted by molar-refractivity contribution is -0.144. The summed E-state index contributed by atoms with van der Waals surface area (Å²) in [7, 11) is 1.64. The lowest BCUT2D eigenvalue weighted by Crippen LogP contribution is -2.56. The highest BCUT2D eigenvalue weighted by Gasteiger charge is 2.48. The number of carboxylic acid groups (broad SMARTS) is 1. The van der Waals surface area contributed by atoms with Crippen molar-refractivity contribution in [3.63, 3.8) is 0 Å². The van der Waals surface area contributed by atoms with E-state index in [9.17, 15) is 14.7 Å². The van der Waals surface area contributed by atoms with E-state index in [1.54, 1.807) is 26.3 Å². The fourth-order valence-corrected chi connectivity index (χ4v) is 2.21. The van der Waals surface area contributed by atoms with Crippen LogP contribution in [0.25, 0.3) is 0 Å². The van der Waals surface area contributed by atoms with Gasteiger partial charge in [0.1, 0.15) is 11.3 Å². The van der Waals surface area contributed by atoms with Gasteiger partial charge in [0, 0.05) is 12.6 Å². The second-order valence-corrected chi connectivity index (χ2v) is 5.57. The minimum absolute atomic E-state index is 0.0213. The molecule has 2 amide bonds. The van der Waals surface area contributed by atoms with Crippen LogP contribution in [0.3, 0.4) is 0 Å². The third-order valence-electron chi connectivity index (χ3n) is 3.93. The maximum atomic E-state index is 12.2. The van der Waals surface area contributed by atoms with E-state index in [1.807, 2.05) is 6.92 Å². The number of rotatable bonds is 5. The Morgan fingerprint density at radius 1 is 1.55 bits per heavy atom. The largest absolute Gasteiger partial charge is 0.480 e. The molecule has 1 heterocycles. The van der Waals surface area contributed by atoms with E-state index >= 15 is 0 Å². The van der Waals surface area contributed by atoms with Gasteiger partial charge in [0.15, 0.2) is 0 Å². The Morgan fingerprint density at radius 3 is 2.65 bits per heavy atom. The van der Waals surface area contributed by atoms with Crippen LogP contribution in [0.1, 0.15) is 31.1 Å². The number of carbonyl (C=O) groups is 2. The zero-order valence-electron chi connectivity index (χ0n) is 12.0. The fraction of sp³-hybridized carbons (Fsp3) is 0.571. The van der Waals surface area contributed by atoms with Crippen molar-refractivity contribution in [3.8, 4) is 0 Å². The Balaban J connectivity index is 2.00. The van der Waals surface area contributed by atoms with Crippen LogP contribution in [-0.2, 0) is 11.3 Å². The molecule has 6 nitrogen and oxygen atoms in total. The molecule has 2 rings (SSSR count). The van der Waals surface area contributed by atoms with Crippen LogP contribution in [0.4, 0.5) is 4.79 Å². The van der Waals surface area contributed by atoms with Gasteiger partial charge >= 0.3 is 12.0 Å². The van der Waals surface area contributed by atoms with E-state index in [4.69, 9.17) is 4.42 Å². The van der Waals surface area contributed by atoms with Crippen LogP contribution in [-0.4, -0.2) is 34.6 Å². The quantitative estimate of drug-likeness (QED) is 0.864. The van der Waals surface area contributed by atoms with Gasteiger partial charge in [-0.1, -0.05) is 0 Å². The summed E-state index contributed by atoms with van der Waals surface area (Å²) < 4.78 is 5.18. The van der Waals surface area contributed by atoms with Crippen molar-refractivity contribution in [1.82, 2.24) is 10.2 Å². The molecule has 0 radical (unpaired) electrons. The van der Waals surface area contributed by atoms with Crippen molar-refractivity contribution in [2.24, 2.45) is 5.92 Å². The summed E-state index contributed by atoms with van der Waals surface area (Å²) in [4.78, 5) is 25.0. The summed E-state index contributed by atoms with van der Waals surface area (Å²) in [6.07, 6.45) is 3.25. The molecule has 1 aliphatic rings. The summed E-state index contributed by atoms with van der Waals surface area (Å²) in [6, 6.07) is 1.42. The number of aliphatic carboxylic acids is 1. The monoisotopic (exact) mass is 280 g/mol. The fourth-order valence-electron chi connectivity index (χ4n) is 2.21. The number of urea groups is 1. The standard InChI is InChI=1S/C14H20N2O4/c1-9-10(6-7-20-9)8-16(3)13(19)15-14(2,12(17)18)11-4-5-11/h6-7,11H,4-5,8H2,1-3H3,(H,15,19)(H,17,18). The molecule has 1 atom stereocenters. The number of carbonyl (C=O) groups excluding carboxylic acids is 1. The Morgan fingerprint density at radius 2 is 2.20 bits per heavy atom. The lowest BCUT2D eigenvalue weighted by Gasteiger charge is -2.29. The van der Waals surface area contributed by atoms with Gasteiger partial charge in [0.25, 0.3) is 0 Å². The number of hydrogen-bond acceptors (Lipinski definition) is 3. The molecule has 1 saturated carbocycles. The van der Waals surface area contributed by atoms with Crippen LogP contribution in [0.15, 0.2) is 16.7 Å². The number of furan rings is 1. The molecule has 1 aromatic rings. The third kappa shape index (κ3) is 2.79. The average molecular weight is 280 g/mol. The molecule has 0 aliphatic heterocycles. The molecule has 0 saturated heterocycles. The summed E-state index contributed by atoms with van der Waals surface area (Å²) in [6.45, 7) is 3.78. The first-order valence-corrected chi connectivity index (χ1v) is 6.64. The molecule has 1 aliphatic carbocycles. The van der Waals surface area contributed by atoms with Gasteiger partial charge < -0.3 is 19.7 Å². The highest BCUT2D eigenvalue weighted by atomic mass is 16.4. The predicted molar refractivity (Wildman–Crippen MR) is 72.2 cm³/mol. The van der Waals surface area contributed by atoms with Crippen LogP contribution in [0.2, 0.25) is 0 Å². The van der Waals surface area contributed by atoms with E-state index in [2.05, 4.69) is 5.32 Å². The van der Waals surface area contributed by atoms with E-state index in [1.165, 1.54) is 4.90 Å². The van der Waals surface area contributed by atoms with E-state index in [-0.39, 0.29) is 11.9 Å². The van der Waals surface area contributed by atoms with E-state index < -0.39 is 11.5 Å². The Kier molecular flexibility index (Phi) is 3.74. The molecule has 1 unspecified atom stereocenters. The molecule has 1 aromatic heterocycles. The second kappa shape index (κ2) is 5.19. The smallest absolute Gasteiger partial charge is 0.329 e. The van der Waals surface area contributed by atoms with E-state index in [0.717, 1.165) is 24.2 Å². The number of amides is 2. The van der Waals surface area contributed by atoms with Gasteiger partial charge in [-0.2, -0.15) is 0 Å². The SMILES string of the molecule is Cc1occc1CN(C)C(=O)NC(C)(C(=O)O)C1CC1. The highest BCUT2D eigenvalue weighted by Crippen LogP contribution is 2.39. The summed E-state index contributed by atoms with van der Waals surface area (Å²) in [5.41, 5.74) is -0.275. The topological polar surface area (TPSA) is 82.8 Å². The molecule has 0 aromatic carbocycles. The van der Waals surface area contributed by atoms with Gasteiger partial charge in [0.2, 0.25) is 0 Å². The molecule has 110 valence electrons. The van der Waals surface area contributed by atoms with Crippen molar-refractivity contribution in [2.75, 3.05) is 7.05 Å². The lowest BCUT2D eigenvalue weighted by atomic mass is 9.96. The summed E-state index contributed by atoms with van der Waals surface area (Å²) in [5.74, 6) is -0.206. The van der Waals surface area contributed by atoms with Gasteiger partial charge in [-0.15, -0.1) is 0 Å². The maximum Gasteiger partial charge on any atom is 0.329 e. The van der Waals surface area contributed by atoms with Crippen molar-refractivity contribution >= 4 is 12.0 Å². The molecule has 6 heteroatoms. The molecule has 20 heavy (non-hydrogen) atoms. The van der Waals surface area contributed by atoms with Crippen LogP contribution >= 0.6 is 0 Å². The molecule has 0 bridgehead atoms.